The van der Waals surface area contributed by atoms with Gasteiger partial charge in [-0.15, -0.1) is 0 Å². The number of ether oxygens (including phenoxy) is 1. The van der Waals surface area contributed by atoms with Crippen LogP contribution in [0.5, 0.6) is 5.75 Å². The number of nitrogens with one attached hydrogen (secondary N) is 1. The van der Waals surface area contributed by atoms with Crippen molar-refractivity contribution in [2.24, 2.45) is 0 Å². The average molecular weight is 260 g/mol. The van der Waals surface area contributed by atoms with Gasteiger partial charge in [-0.3, -0.25) is 4.79 Å². The summed E-state index contributed by atoms with van der Waals surface area (Å²) in [5.74, 6) is 0.902. The van der Waals surface area contributed by atoms with Crippen molar-refractivity contribution in [1.29, 1.82) is 0 Å². The number of benzene rings is 1. The summed E-state index contributed by atoms with van der Waals surface area (Å²) in [5.41, 5.74) is 0.897. The van der Waals surface area contributed by atoms with Crippen LogP contribution in [-0.4, -0.2) is 42.6 Å². The highest BCUT2D eigenvalue weighted by atomic mass is 16.5. The number of para-hydroxylation sites is 1. The van der Waals surface area contributed by atoms with Crippen molar-refractivity contribution in [3.8, 4) is 5.75 Å². The molecule has 4 heteroatoms. The summed E-state index contributed by atoms with van der Waals surface area (Å²) in [6, 6.07) is 7.85. The minimum Gasteiger partial charge on any atom is -0.492 e. The van der Waals surface area contributed by atoms with Crippen LogP contribution in [-0.2, 0) is 4.79 Å². The molecule has 0 saturated carbocycles. The van der Waals surface area contributed by atoms with Crippen LogP contribution in [0.1, 0.15) is 25.3 Å². The Balaban J connectivity index is 1.85. The number of hydrogen-bond donors (Lipinski definition) is 1. The van der Waals surface area contributed by atoms with Crippen molar-refractivity contribution in [2.75, 3.05) is 26.2 Å². The number of rotatable bonds is 1. The minimum atomic E-state index is -0.145. The molecule has 19 heavy (non-hydrogen) atoms. The van der Waals surface area contributed by atoms with Crippen LogP contribution in [0.3, 0.4) is 0 Å². The minimum absolute atomic E-state index is 0.132. The van der Waals surface area contributed by atoms with E-state index in [2.05, 4.69) is 19.2 Å². The molecule has 1 fully saturated rings. The first-order chi connectivity index (χ1) is 9.09. The predicted molar refractivity (Wildman–Crippen MR) is 73.3 cm³/mol. The van der Waals surface area contributed by atoms with Gasteiger partial charge in [-0.05, 0) is 19.9 Å². The Bertz CT molecular complexity index is 499. The van der Waals surface area contributed by atoms with Gasteiger partial charge in [-0.1, -0.05) is 18.2 Å². The molecule has 2 heterocycles. The molecule has 0 spiro atoms. The van der Waals surface area contributed by atoms with E-state index in [4.69, 9.17) is 4.74 Å². The van der Waals surface area contributed by atoms with Crippen LogP contribution in [0, 0.1) is 0 Å². The topological polar surface area (TPSA) is 41.6 Å². The highest BCUT2D eigenvalue weighted by Gasteiger charge is 2.39. The quantitative estimate of drug-likeness (QED) is 0.829. The zero-order valence-corrected chi connectivity index (χ0v) is 11.5. The molecule has 0 bridgehead atoms. The monoisotopic (exact) mass is 260 g/mol. The van der Waals surface area contributed by atoms with Crippen LogP contribution in [0.15, 0.2) is 24.3 Å². The number of nitrogens with zero attached hydrogens (tertiary/aromatic N) is 1. The molecule has 102 valence electrons. The maximum absolute atomic E-state index is 12.8. The Morgan fingerprint density at radius 2 is 2.21 bits per heavy atom. The molecule has 1 unspecified atom stereocenters. The summed E-state index contributed by atoms with van der Waals surface area (Å²) in [6.45, 7) is 7.17. The van der Waals surface area contributed by atoms with Crippen molar-refractivity contribution in [1.82, 2.24) is 10.2 Å². The second-order valence-corrected chi connectivity index (χ2v) is 5.88. The number of carbonyl (C=O) groups excluding carboxylic acids is 1. The van der Waals surface area contributed by atoms with Gasteiger partial charge in [0.2, 0.25) is 5.91 Å². The van der Waals surface area contributed by atoms with Gasteiger partial charge < -0.3 is 15.0 Å². The summed E-state index contributed by atoms with van der Waals surface area (Å²) in [6.07, 6.45) is 0. The van der Waals surface area contributed by atoms with Crippen molar-refractivity contribution < 1.29 is 9.53 Å². The van der Waals surface area contributed by atoms with E-state index in [1.54, 1.807) is 0 Å². The number of fused-ring (bicyclic) bond motifs is 1. The number of piperazine rings is 1. The van der Waals surface area contributed by atoms with Gasteiger partial charge in [0, 0.05) is 30.7 Å². The van der Waals surface area contributed by atoms with Crippen LogP contribution in [0.25, 0.3) is 0 Å². The Morgan fingerprint density at radius 3 is 3.00 bits per heavy atom. The highest BCUT2D eigenvalue weighted by molar-refractivity contribution is 5.86. The molecule has 0 aliphatic carbocycles. The molecule has 1 atom stereocenters. The van der Waals surface area contributed by atoms with Gasteiger partial charge in [0.1, 0.15) is 18.3 Å². The molecule has 1 aromatic rings. The highest BCUT2D eigenvalue weighted by Crippen LogP contribution is 2.36. The second-order valence-electron chi connectivity index (χ2n) is 5.88. The van der Waals surface area contributed by atoms with Gasteiger partial charge >= 0.3 is 0 Å². The van der Waals surface area contributed by atoms with E-state index in [9.17, 15) is 4.79 Å². The molecule has 2 aliphatic heterocycles. The van der Waals surface area contributed by atoms with Crippen LogP contribution >= 0.6 is 0 Å². The van der Waals surface area contributed by atoms with Crippen molar-refractivity contribution in [2.45, 2.75) is 25.3 Å². The maximum atomic E-state index is 12.8. The van der Waals surface area contributed by atoms with E-state index in [1.807, 2.05) is 29.2 Å². The fourth-order valence-corrected chi connectivity index (χ4v) is 2.95. The lowest BCUT2D eigenvalue weighted by atomic mass is 9.94. The second kappa shape index (κ2) is 4.53. The average Bonchev–Trinajstić information content (AvgIpc) is 2.81. The Labute approximate surface area is 113 Å². The van der Waals surface area contributed by atoms with Gasteiger partial charge in [0.15, 0.2) is 0 Å². The van der Waals surface area contributed by atoms with Crippen molar-refractivity contribution in [3.63, 3.8) is 0 Å². The standard InChI is InChI=1S/C15H20N2O2/c1-15(2)10-16-7-8-17(15)14(18)12-9-19-13-6-4-3-5-11(12)13/h3-6,12,16H,7-10H2,1-2H3. The molecule has 2 aliphatic rings. The lowest BCUT2D eigenvalue weighted by Crippen LogP contribution is -2.60. The molecule has 0 aromatic heterocycles. The first-order valence-electron chi connectivity index (χ1n) is 6.83. The zero-order chi connectivity index (χ0) is 13.5. The molecule has 3 rings (SSSR count). The lowest BCUT2D eigenvalue weighted by molar-refractivity contribution is -0.139. The van der Waals surface area contributed by atoms with E-state index in [1.165, 1.54) is 0 Å². The van der Waals surface area contributed by atoms with E-state index >= 15 is 0 Å². The van der Waals surface area contributed by atoms with Crippen LogP contribution < -0.4 is 10.1 Å². The Hall–Kier alpha value is -1.55. The normalized spacial score (nSPS) is 24.7. The fraction of sp³-hybridized carbons (Fsp3) is 0.533. The third-order valence-electron chi connectivity index (χ3n) is 4.06. The first kappa shape index (κ1) is 12.5. The largest absolute Gasteiger partial charge is 0.492 e. The third kappa shape index (κ3) is 2.10. The maximum Gasteiger partial charge on any atom is 0.234 e. The van der Waals surface area contributed by atoms with Crippen LogP contribution in [0.2, 0.25) is 0 Å². The molecule has 1 aromatic carbocycles. The summed E-state index contributed by atoms with van der Waals surface area (Å²) in [5, 5.41) is 3.34. The number of carbonyl (C=O) groups is 1. The summed E-state index contributed by atoms with van der Waals surface area (Å²) >= 11 is 0. The SMILES string of the molecule is CC1(C)CNCCN1C(=O)C1COc2ccccc21. The summed E-state index contributed by atoms with van der Waals surface area (Å²) in [4.78, 5) is 14.8. The fourth-order valence-electron chi connectivity index (χ4n) is 2.95. The van der Waals surface area contributed by atoms with Gasteiger partial charge in [0.05, 0.1) is 0 Å². The first-order valence-corrected chi connectivity index (χ1v) is 6.83. The molecular weight excluding hydrogens is 240 g/mol. The predicted octanol–water partition coefficient (Wildman–Crippen LogP) is 1.37. The molecular formula is C15H20N2O2. The van der Waals surface area contributed by atoms with Gasteiger partial charge in [-0.2, -0.15) is 0 Å². The van der Waals surface area contributed by atoms with Crippen molar-refractivity contribution >= 4 is 5.91 Å². The van der Waals surface area contributed by atoms with Crippen LogP contribution in [0.4, 0.5) is 0 Å². The number of hydrogen-bond acceptors (Lipinski definition) is 3. The zero-order valence-electron chi connectivity index (χ0n) is 11.5. The van der Waals surface area contributed by atoms with E-state index in [0.29, 0.717) is 6.61 Å². The van der Waals surface area contributed by atoms with E-state index < -0.39 is 0 Å². The molecule has 1 saturated heterocycles. The van der Waals surface area contributed by atoms with E-state index in [-0.39, 0.29) is 17.4 Å². The summed E-state index contributed by atoms with van der Waals surface area (Å²) in [7, 11) is 0. The summed E-state index contributed by atoms with van der Waals surface area (Å²) < 4.78 is 5.63. The van der Waals surface area contributed by atoms with E-state index in [0.717, 1.165) is 30.9 Å². The molecule has 4 nitrogen and oxygen atoms in total. The molecule has 1 N–H and O–H groups in total. The Kier molecular flexibility index (Phi) is 2.97. The lowest BCUT2D eigenvalue weighted by Gasteiger charge is -2.43. The third-order valence-corrected chi connectivity index (χ3v) is 4.06. The van der Waals surface area contributed by atoms with Crippen molar-refractivity contribution in [3.05, 3.63) is 29.8 Å². The van der Waals surface area contributed by atoms with Gasteiger partial charge in [0.25, 0.3) is 0 Å². The number of amides is 1. The molecule has 1 amide bonds. The molecule has 0 radical (unpaired) electrons. The van der Waals surface area contributed by atoms with Gasteiger partial charge in [-0.25, -0.2) is 0 Å². The smallest absolute Gasteiger partial charge is 0.234 e. The Morgan fingerprint density at radius 1 is 1.42 bits per heavy atom.